The molecule has 0 bridgehead atoms. The van der Waals surface area contributed by atoms with Crippen LogP contribution < -0.4 is 5.32 Å². The van der Waals surface area contributed by atoms with E-state index in [1.54, 1.807) is 0 Å². The molecule has 1 N–H and O–H groups in total. The molecule has 0 radical (unpaired) electrons. The summed E-state index contributed by atoms with van der Waals surface area (Å²) in [5, 5.41) is 3.74. The van der Waals surface area contributed by atoms with Gasteiger partial charge >= 0.3 is 0 Å². The largest absolute Gasteiger partial charge is 0.383 e. The maximum atomic E-state index is 3.74. The van der Waals surface area contributed by atoms with Crippen molar-refractivity contribution in [1.82, 2.24) is 0 Å². The molecule has 1 nitrogen and oxygen atoms in total. The Morgan fingerprint density at radius 2 is 1.63 bits per heavy atom. The molecular weight excluding hydrogens is 270 g/mol. The SMILES string of the molecule is CCc1cccc(CC)c1NCC1SCCCCS1. The zero-order chi connectivity index (χ0) is 13.5. The van der Waals surface area contributed by atoms with Crippen LogP contribution >= 0.6 is 23.5 Å². The van der Waals surface area contributed by atoms with Crippen LogP contribution in [0, 0.1) is 0 Å². The molecule has 0 amide bonds. The molecule has 19 heavy (non-hydrogen) atoms. The second kappa shape index (κ2) is 8.11. The van der Waals surface area contributed by atoms with E-state index < -0.39 is 0 Å². The standard InChI is InChI=1S/C16H25NS2/c1-3-13-8-7-9-14(4-2)16(13)17-12-15-18-10-5-6-11-19-15/h7-9,15,17H,3-6,10-12H2,1-2H3. The number of thioether (sulfide) groups is 2. The summed E-state index contributed by atoms with van der Waals surface area (Å²) in [6.07, 6.45) is 5.00. The maximum absolute atomic E-state index is 3.74. The van der Waals surface area contributed by atoms with Gasteiger partial charge in [0.2, 0.25) is 0 Å². The van der Waals surface area contributed by atoms with Crippen molar-refractivity contribution in [3.05, 3.63) is 29.3 Å². The smallest absolute Gasteiger partial charge is 0.0674 e. The summed E-state index contributed by atoms with van der Waals surface area (Å²) in [5.41, 5.74) is 4.32. The second-order valence-electron chi connectivity index (χ2n) is 4.92. The molecule has 1 aliphatic rings. The zero-order valence-corrected chi connectivity index (χ0v) is 13.7. The van der Waals surface area contributed by atoms with Crippen LogP contribution in [0.15, 0.2) is 18.2 Å². The average Bonchev–Trinajstić information content (AvgIpc) is 2.73. The van der Waals surface area contributed by atoms with Gasteiger partial charge in [0, 0.05) is 12.2 Å². The van der Waals surface area contributed by atoms with Gasteiger partial charge in [-0.1, -0.05) is 32.0 Å². The minimum atomic E-state index is 0.720. The molecular formula is C16H25NS2. The highest BCUT2D eigenvalue weighted by Crippen LogP contribution is 2.31. The summed E-state index contributed by atoms with van der Waals surface area (Å²) in [6.45, 7) is 5.59. The van der Waals surface area contributed by atoms with E-state index in [4.69, 9.17) is 0 Å². The molecule has 0 aliphatic carbocycles. The first-order valence-corrected chi connectivity index (χ1v) is 9.52. The van der Waals surface area contributed by atoms with Crippen molar-refractivity contribution in [3.63, 3.8) is 0 Å². The number of anilines is 1. The predicted molar refractivity (Wildman–Crippen MR) is 91.6 cm³/mol. The van der Waals surface area contributed by atoms with Gasteiger partial charge in [0.1, 0.15) is 0 Å². The van der Waals surface area contributed by atoms with E-state index in [-0.39, 0.29) is 0 Å². The Kier molecular flexibility index (Phi) is 6.45. The van der Waals surface area contributed by atoms with Crippen LogP contribution in [0.1, 0.15) is 37.8 Å². The van der Waals surface area contributed by atoms with Crippen LogP contribution in [0.25, 0.3) is 0 Å². The van der Waals surface area contributed by atoms with Crippen molar-refractivity contribution >= 4 is 29.2 Å². The van der Waals surface area contributed by atoms with Crippen LogP contribution in [0.4, 0.5) is 5.69 Å². The van der Waals surface area contributed by atoms with Crippen molar-refractivity contribution < 1.29 is 0 Å². The Balaban J connectivity index is 2.01. The van der Waals surface area contributed by atoms with Crippen molar-refractivity contribution in [2.45, 2.75) is 44.1 Å². The van der Waals surface area contributed by atoms with Gasteiger partial charge in [0.05, 0.1) is 4.58 Å². The van der Waals surface area contributed by atoms with Crippen LogP contribution in [-0.2, 0) is 12.8 Å². The minimum Gasteiger partial charge on any atom is -0.383 e. The Morgan fingerprint density at radius 1 is 1.05 bits per heavy atom. The van der Waals surface area contributed by atoms with Crippen molar-refractivity contribution in [1.29, 1.82) is 0 Å². The Morgan fingerprint density at radius 3 is 2.16 bits per heavy atom. The Hall–Kier alpha value is -0.280. The molecule has 0 saturated carbocycles. The highest BCUT2D eigenvalue weighted by Gasteiger charge is 2.14. The number of hydrogen-bond acceptors (Lipinski definition) is 3. The summed E-state index contributed by atoms with van der Waals surface area (Å²) < 4.78 is 0.720. The van der Waals surface area contributed by atoms with Crippen molar-refractivity contribution in [3.8, 4) is 0 Å². The first-order valence-electron chi connectivity index (χ1n) is 7.43. The number of hydrogen-bond donors (Lipinski definition) is 1. The van der Waals surface area contributed by atoms with Gasteiger partial charge in [-0.2, -0.15) is 0 Å². The fraction of sp³-hybridized carbons (Fsp3) is 0.625. The van der Waals surface area contributed by atoms with Crippen molar-refractivity contribution in [2.75, 3.05) is 23.4 Å². The third kappa shape index (κ3) is 4.35. The van der Waals surface area contributed by atoms with Gasteiger partial charge < -0.3 is 5.32 Å². The zero-order valence-electron chi connectivity index (χ0n) is 12.1. The number of nitrogens with one attached hydrogen (secondary N) is 1. The van der Waals surface area contributed by atoms with Gasteiger partial charge in [-0.05, 0) is 48.3 Å². The van der Waals surface area contributed by atoms with Gasteiger partial charge in [-0.3, -0.25) is 0 Å². The van der Waals surface area contributed by atoms with Gasteiger partial charge in [-0.25, -0.2) is 0 Å². The highest BCUT2D eigenvalue weighted by atomic mass is 32.2. The van der Waals surface area contributed by atoms with Crippen LogP contribution in [-0.4, -0.2) is 22.6 Å². The molecule has 0 aromatic heterocycles. The van der Waals surface area contributed by atoms with Crippen LogP contribution in [0.3, 0.4) is 0 Å². The summed E-state index contributed by atoms with van der Waals surface area (Å²) in [7, 11) is 0. The topological polar surface area (TPSA) is 12.0 Å². The first kappa shape index (κ1) is 15.1. The number of benzene rings is 1. The maximum Gasteiger partial charge on any atom is 0.0674 e. The summed E-state index contributed by atoms with van der Waals surface area (Å²) in [4.78, 5) is 0. The van der Waals surface area contributed by atoms with E-state index in [1.165, 1.54) is 41.2 Å². The van der Waals surface area contributed by atoms with E-state index in [0.29, 0.717) is 0 Å². The lowest BCUT2D eigenvalue weighted by atomic mass is 10.0. The van der Waals surface area contributed by atoms with Crippen LogP contribution in [0.2, 0.25) is 0 Å². The third-order valence-electron chi connectivity index (χ3n) is 3.59. The average molecular weight is 296 g/mol. The predicted octanol–water partition coefficient (Wildman–Crippen LogP) is 4.81. The monoisotopic (exact) mass is 295 g/mol. The summed E-state index contributed by atoms with van der Waals surface area (Å²) in [6, 6.07) is 6.71. The minimum absolute atomic E-state index is 0.720. The molecule has 1 aromatic carbocycles. The molecule has 3 heteroatoms. The molecule has 1 heterocycles. The Labute approximate surface area is 126 Å². The number of aryl methyl sites for hydroxylation is 2. The van der Waals surface area contributed by atoms with E-state index >= 15 is 0 Å². The summed E-state index contributed by atoms with van der Waals surface area (Å²) in [5.74, 6) is 2.66. The molecule has 1 saturated heterocycles. The van der Waals surface area contributed by atoms with Gasteiger partial charge in [-0.15, -0.1) is 23.5 Å². The number of para-hydroxylation sites is 1. The fourth-order valence-electron chi connectivity index (χ4n) is 2.45. The lowest BCUT2D eigenvalue weighted by Crippen LogP contribution is -2.15. The van der Waals surface area contributed by atoms with E-state index in [9.17, 15) is 0 Å². The third-order valence-corrected chi connectivity index (χ3v) is 6.53. The molecule has 0 unspecified atom stereocenters. The molecule has 1 fully saturated rings. The van der Waals surface area contributed by atoms with E-state index in [2.05, 4.69) is 60.9 Å². The highest BCUT2D eigenvalue weighted by molar-refractivity contribution is 8.17. The van der Waals surface area contributed by atoms with E-state index in [0.717, 1.165) is 24.0 Å². The summed E-state index contributed by atoms with van der Waals surface area (Å²) >= 11 is 4.26. The van der Waals surface area contributed by atoms with Gasteiger partial charge in [0.15, 0.2) is 0 Å². The second-order valence-corrected chi connectivity index (χ2v) is 7.84. The van der Waals surface area contributed by atoms with E-state index in [1.807, 2.05) is 0 Å². The molecule has 1 aromatic rings. The fourth-order valence-corrected chi connectivity index (χ4v) is 5.09. The molecule has 0 spiro atoms. The first-order chi connectivity index (χ1) is 9.35. The molecule has 106 valence electrons. The lowest BCUT2D eigenvalue weighted by molar-refractivity contribution is 0.912. The molecule has 2 rings (SSSR count). The quantitative estimate of drug-likeness (QED) is 0.837. The van der Waals surface area contributed by atoms with Crippen LogP contribution in [0.5, 0.6) is 0 Å². The molecule has 0 atom stereocenters. The normalized spacial score (nSPS) is 17.2. The Bertz CT molecular complexity index is 362. The lowest BCUT2D eigenvalue weighted by Gasteiger charge is -2.19. The molecule has 1 aliphatic heterocycles. The number of rotatable bonds is 5. The van der Waals surface area contributed by atoms with Gasteiger partial charge in [0.25, 0.3) is 0 Å². The van der Waals surface area contributed by atoms with Crippen molar-refractivity contribution in [2.24, 2.45) is 0 Å².